The summed E-state index contributed by atoms with van der Waals surface area (Å²) < 4.78 is 26.2. The van der Waals surface area contributed by atoms with Gasteiger partial charge in [-0.15, -0.1) is 12.4 Å². The molecule has 20 heavy (non-hydrogen) atoms. The molecule has 0 aliphatic rings. The van der Waals surface area contributed by atoms with Gasteiger partial charge in [-0.25, -0.2) is 13.1 Å². The number of hydrogen-bond donors (Lipinski definition) is 2. The van der Waals surface area contributed by atoms with Crippen molar-refractivity contribution in [1.29, 1.82) is 0 Å². The Labute approximate surface area is 124 Å². The minimum Gasteiger partial charge on any atom is -0.326 e. The maximum Gasteiger partial charge on any atom is 0.269 e. The van der Waals surface area contributed by atoms with Crippen molar-refractivity contribution in [2.75, 3.05) is 6.54 Å². The van der Waals surface area contributed by atoms with E-state index in [1.807, 2.05) is 13.8 Å². The Balaban J connectivity index is 0.00000361. The van der Waals surface area contributed by atoms with Crippen LogP contribution in [-0.4, -0.2) is 25.9 Å². The van der Waals surface area contributed by atoms with E-state index in [1.54, 1.807) is 0 Å². The predicted octanol–water partition coefficient (Wildman–Crippen LogP) is 1.28. The van der Waals surface area contributed by atoms with Crippen molar-refractivity contribution in [3.63, 3.8) is 0 Å². The lowest BCUT2D eigenvalue weighted by molar-refractivity contribution is -0.384. The quantitative estimate of drug-likeness (QED) is 0.604. The highest BCUT2D eigenvalue weighted by atomic mass is 35.5. The number of nitrogens with two attached hydrogens (primary N) is 1. The smallest absolute Gasteiger partial charge is 0.269 e. The number of non-ortho nitro benzene ring substituents is 1. The molecule has 1 unspecified atom stereocenters. The fourth-order valence-electron chi connectivity index (χ4n) is 1.27. The molecule has 1 aromatic carbocycles. The van der Waals surface area contributed by atoms with Gasteiger partial charge in [-0.1, -0.05) is 13.8 Å². The Morgan fingerprint density at radius 2 is 1.80 bits per heavy atom. The Kier molecular flexibility index (Phi) is 7.07. The molecule has 0 amide bonds. The SMILES string of the molecule is CC(C)C(N)CNS(=O)(=O)c1ccc([N+](=O)[O-])cc1.Cl. The number of nitro groups is 1. The van der Waals surface area contributed by atoms with Crippen LogP contribution in [0.4, 0.5) is 5.69 Å². The van der Waals surface area contributed by atoms with Crippen molar-refractivity contribution in [3.05, 3.63) is 34.4 Å². The van der Waals surface area contributed by atoms with Gasteiger partial charge in [0.05, 0.1) is 9.82 Å². The minimum absolute atomic E-state index is 0. The molecule has 0 saturated carbocycles. The molecular weight excluding hydrogens is 306 g/mol. The van der Waals surface area contributed by atoms with E-state index in [2.05, 4.69) is 4.72 Å². The van der Waals surface area contributed by atoms with Gasteiger partial charge in [-0.3, -0.25) is 10.1 Å². The molecule has 0 radical (unpaired) electrons. The Hall–Kier alpha value is -1.22. The molecule has 0 bridgehead atoms. The summed E-state index contributed by atoms with van der Waals surface area (Å²) in [5.41, 5.74) is 5.59. The standard InChI is InChI=1S/C11H17N3O4S.ClH/c1-8(2)11(12)7-13-19(17,18)10-5-3-9(4-6-10)14(15)16;/h3-6,8,11,13H,7,12H2,1-2H3;1H. The normalized spacial score (nSPS) is 12.8. The maximum absolute atomic E-state index is 11.9. The molecule has 0 fully saturated rings. The van der Waals surface area contributed by atoms with Gasteiger partial charge in [0.25, 0.3) is 5.69 Å². The molecule has 0 saturated heterocycles. The summed E-state index contributed by atoms with van der Waals surface area (Å²) in [4.78, 5) is 9.87. The van der Waals surface area contributed by atoms with Gasteiger partial charge in [0.2, 0.25) is 10.0 Å². The van der Waals surface area contributed by atoms with Crippen molar-refractivity contribution in [3.8, 4) is 0 Å². The zero-order valence-electron chi connectivity index (χ0n) is 11.1. The number of hydrogen-bond acceptors (Lipinski definition) is 5. The third kappa shape index (κ3) is 5.04. The summed E-state index contributed by atoms with van der Waals surface area (Å²) in [6, 6.07) is 4.41. The first-order valence-electron chi connectivity index (χ1n) is 5.73. The third-order valence-corrected chi connectivity index (χ3v) is 4.16. The second-order valence-corrected chi connectivity index (χ2v) is 6.28. The second kappa shape index (κ2) is 7.53. The number of benzene rings is 1. The Morgan fingerprint density at radius 3 is 2.20 bits per heavy atom. The highest BCUT2D eigenvalue weighted by Gasteiger charge is 2.17. The van der Waals surface area contributed by atoms with Crippen molar-refractivity contribution in [2.24, 2.45) is 11.7 Å². The van der Waals surface area contributed by atoms with Gasteiger partial charge in [-0.2, -0.15) is 0 Å². The summed E-state index contributed by atoms with van der Waals surface area (Å²) in [5, 5.41) is 10.5. The second-order valence-electron chi connectivity index (χ2n) is 4.51. The predicted molar refractivity (Wildman–Crippen MR) is 78.3 cm³/mol. The van der Waals surface area contributed by atoms with E-state index in [4.69, 9.17) is 5.73 Å². The topological polar surface area (TPSA) is 115 Å². The molecular formula is C11H18ClN3O4S. The van der Waals surface area contributed by atoms with E-state index >= 15 is 0 Å². The van der Waals surface area contributed by atoms with Gasteiger partial charge in [0, 0.05) is 24.7 Å². The maximum atomic E-state index is 11.9. The summed E-state index contributed by atoms with van der Waals surface area (Å²) in [6.45, 7) is 3.91. The first kappa shape index (κ1) is 18.8. The van der Waals surface area contributed by atoms with Crippen LogP contribution in [0.3, 0.4) is 0 Å². The van der Waals surface area contributed by atoms with E-state index in [-0.39, 0.29) is 41.5 Å². The molecule has 3 N–H and O–H groups in total. The van der Waals surface area contributed by atoms with Gasteiger partial charge in [0.15, 0.2) is 0 Å². The van der Waals surface area contributed by atoms with Crippen molar-refractivity contribution >= 4 is 28.1 Å². The van der Waals surface area contributed by atoms with Crippen LogP contribution in [0.15, 0.2) is 29.2 Å². The molecule has 0 aromatic heterocycles. The fourth-order valence-corrected chi connectivity index (χ4v) is 2.34. The van der Waals surface area contributed by atoms with Crippen LogP contribution in [0.5, 0.6) is 0 Å². The molecule has 9 heteroatoms. The largest absolute Gasteiger partial charge is 0.326 e. The number of nitrogens with one attached hydrogen (secondary N) is 1. The molecule has 0 spiro atoms. The van der Waals surface area contributed by atoms with Crippen molar-refractivity contribution < 1.29 is 13.3 Å². The zero-order chi connectivity index (χ0) is 14.6. The summed E-state index contributed by atoms with van der Waals surface area (Å²) in [7, 11) is -3.68. The molecule has 0 aliphatic heterocycles. The summed E-state index contributed by atoms with van der Waals surface area (Å²) >= 11 is 0. The number of sulfonamides is 1. The summed E-state index contributed by atoms with van der Waals surface area (Å²) in [6.07, 6.45) is 0. The lowest BCUT2D eigenvalue weighted by atomic mass is 10.1. The van der Waals surface area contributed by atoms with Crippen LogP contribution in [0.2, 0.25) is 0 Å². The van der Waals surface area contributed by atoms with Crippen LogP contribution in [-0.2, 0) is 10.0 Å². The number of rotatable bonds is 6. The molecule has 1 aromatic rings. The van der Waals surface area contributed by atoms with Crippen LogP contribution < -0.4 is 10.5 Å². The van der Waals surface area contributed by atoms with Crippen molar-refractivity contribution in [1.82, 2.24) is 4.72 Å². The minimum atomic E-state index is -3.68. The number of nitrogens with zero attached hydrogens (tertiary/aromatic N) is 1. The monoisotopic (exact) mass is 323 g/mol. The van der Waals surface area contributed by atoms with Gasteiger partial charge in [0.1, 0.15) is 0 Å². The average molecular weight is 324 g/mol. The zero-order valence-corrected chi connectivity index (χ0v) is 12.8. The molecule has 0 heterocycles. The number of halogens is 1. The highest BCUT2D eigenvalue weighted by molar-refractivity contribution is 7.89. The van der Waals surface area contributed by atoms with E-state index in [0.717, 1.165) is 12.1 Å². The third-order valence-electron chi connectivity index (χ3n) is 2.72. The first-order chi connectivity index (χ1) is 8.74. The average Bonchev–Trinajstić information content (AvgIpc) is 2.36. The van der Waals surface area contributed by atoms with Gasteiger partial charge in [-0.05, 0) is 18.1 Å². The van der Waals surface area contributed by atoms with Crippen LogP contribution >= 0.6 is 12.4 Å². The lowest BCUT2D eigenvalue weighted by Crippen LogP contribution is -2.40. The highest BCUT2D eigenvalue weighted by Crippen LogP contribution is 2.15. The molecule has 114 valence electrons. The Bertz CT molecular complexity index is 545. The van der Waals surface area contributed by atoms with Gasteiger partial charge < -0.3 is 5.73 Å². The van der Waals surface area contributed by atoms with Crippen molar-refractivity contribution in [2.45, 2.75) is 24.8 Å². The van der Waals surface area contributed by atoms with Crippen LogP contribution in [0.25, 0.3) is 0 Å². The van der Waals surface area contributed by atoms with E-state index < -0.39 is 14.9 Å². The van der Waals surface area contributed by atoms with Crippen LogP contribution in [0, 0.1) is 16.0 Å². The Morgan fingerprint density at radius 1 is 1.30 bits per heavy atom. The molecule has 7 nitrogen and oxygen atoms in total. The van der Waals surface area contributed by atoms with Gasteiger partial charge >= 0.3 is 0 Å². The van der Waals surface area contributed by atoms with E-state index in [0.29, 0.717) is 0 Å². The first-order valence-corrected chi connectivity index (χ1v) is 7.22. The van der Waals surface area contributed by atoms with Crippen LogP contribution in [0.1, 0.15) is 13.8 Å². The molecule has 0 aliphatic carbocycles. The number of nitro benzene ring substituents is 1. The van der Waals surface area contributed by atoms with E-state index in [1.165, 1.54) is 12.1 Å². The molecule has 1 rings (SSSR count). The lowest BCUT2D eigenvalue weighted by Gasteiger charge is -2.16. The summed E-state index contributed by atoms with van der Waals surface area (Å²) in [5.74, 6) is 0.152. The fraction of sp³-hybridized carbons (Fsp3) is 0.455. The van der Waals surface area contributed by atoms with E-state index in [9.17, 15) is 18.5 Å². The molecule has 1 atom stereocenters.